The van der Waals surface area contributed by atoms with Crippen LogP contribution in [0.4, 0.5) is 4.39 Å². The third kappa shape index (κ3) is 5.18. The number of benzene rings is 1. The van der Waals surface area contributed by atoms with Gasteiger partial charge in [-0.1, -0.05) is 37.9 Å². The molecule has 0 unspecified atom stereocenters. The third-order valence-electron chi connectivity index (χ3n) is 8.24. The summed E-state index contributed by atoms with van der Waals surface area (Å²) in [5, 5.41) is 7.09. The summed E-state index contributed by atoms with van der Waals surface area (Å²) in [6, 6.07) is 2.81. The lowest BCUT2D eigenvalue weighted by Gasteiger charge is -2.32. The zero-order valence-electron chi connectivity index (χ0n) is 22.3. The van der Waals surface area contributed by atoms with E-state index in [0.29, 0.717) is 60.0 Å². The van der Waals surface area contributed by atoms with Crippen LogP contribution in [-0.2, 0) is 22.5 Å². The van der Waals surface area contributed by atoms with Gasteiger partial charge in [-0.3, -0.25) is 14.5 Å². The Morgan fingerprint density at radius 3 is 2.79 bits per heavy atom. The average molecular weight is 526 g/mol. The van der Waals surface area contributed by atoms with E-state index in [0.717, 1.165) is 32.1 Å². The lowest BCUT2D eigenvalue weighted by atomic mass is 9.79. The molecule has 1 amide bonds. The molecule has 2 aromatic heterocycles. The molecule has 204 valence electrons. The Morgan fingerprint density at radius 1 is 1.26 bits per heavy atom. The SMILES string of the molecule is CCc1nocc1C(=O)N[C@H](c1nc2c(F)c(CN3CCC[C@H]3C(=O)OC)ccc2[nH]1)C1CCC(C)CC1. The van der Waals surface area contributed by atoms with E-state index in [-0.39, 0.29) is 29.4 Å². The van der Waals surface area contributed by atoms with Crippen molar-refractivity contribution in [2.45, 2.75) is 77.4 Å². The van der Waals surface area contributed by atoms with Crippen molar-refractivity contribution in [3.05, 3.63) is 46.9 Å². The number of carbonyl (C=O) groups excluding carboxylic acids is 2. The monoisotopic (exact) mass is 525 g/mol. The van der Waals surface area contributed by atoms with Crippen LogP contribution in [0, 0.1) is 17.7 Å². The molecule has 1 saturated carbocycles. The Hall–Kier alpha value is -3.27. The molecule has 10 heteroatoms. The maximum Gasteiger partial charge on any atom is 0.323 e. The predicted molar refractivity (Wildman–Crippen MR) is 139 cm³/mol. The molecular formula is C28H36FN5O4. The van der Waals surface area contributed by atoms with Crippen LogP contribution in [0.15, 0.2) is 22.9 Å². The van der Waals surface area contributed by atoms with Gasteiger partial charge in [-0.15, -0.1) is 0 Å². The lowest BCUT2D eigenvalue weighted by molar-refractivity contribution is -0.146. The minimum Gasteiger partial charge on any atom is -0.468 e. The minimum atomic E-state index is -0.407. The molecule has 0 bridgehead atoms. The summed E-state index contributed by atoms with van der Waals surface area (Å²) in [6.07, 6.45) is 7.56. The van der Waals surface area contributed by atoms with Gasteiger partial charge in [0.2, 0.25) is 0 Å². The molecule has 2 fully saturated rings. The number of methoxy groups -OCH3 is 1. The van der Waals surface area contributed by atoms with Gasteiger partial charge in [-0.2, -0.15) is 0 Å². The van der Waals surface area contributed by atoms with Gasteiger partial charge in [0, 0.05) is 12.1 Å². The zero-order chi connectivity index (χ0) is 26.8. The summed E-state index contributed by atoms with van der Waals surface area (Å²) in [6.45, 7) is 5.18. The van der Waals surface area contributed by atoms with Crippen molar-refractivity contribution < 1.29 is 23.2 Å². The molecule has 38 heavy (non-hydrogen) atoms. The van der Waals surface area contributed by atoms with Crippen molar-refractivity contribution in [2.75, 3.05) is 13.7 Å². The third-order valence-corrected chi connectivity index (χ3v) is 8.24. The Balaban J connectivity index is 1.43. The molecule has 0 radical (unpaired) electrons. The number of H-pyrrole nitrogens is 1. The van der Waals surface area contributed by atoms with E-state index >= 15 is 4.39 Å². The van der Waals surface area contributed by atoms with Crippen molar-refractivity contribution in [3.8, 4) is 0 Å². The molecule has 2 N–H and O–H groups in total. The Morgan fingerprint density at radius 2 is 2.05 bits per heavy atom. The number of ether oxygens (including phenoxy) is 1. The van der Waals surface area contributed by atoms with Crippen molar-refractivity contribution in [2.24, 2.45) is 11.8 Å². The first-order chi connectivity index (χ1) is 18.4. The van der Waals surface area contributed by atoms with Crippen molar-refractivity contribution in [3.63, 3.8) is 0 Å². The second-order valence-electron chi connectivity index (χ2n) is 10.7. The summed E-state index contributed by atoms with van der Waals surface area (Å²) in [5.41, 5.74) is 2.32. The smallest absolute Gasteiger partial charge is 0.323 e. The number of rotatable bonds is 8. The number of esters is 1. The zero-order valence-corrected chi connectivity index (χ0v) is 22.3. The van der Waals surface area contributed by atoms with Crippen molar-refractivity contribution in [1.29, 1.82) is 0 Å². The summed E-state index contributed by atoms with van der Waals surface area (Å²) in [4.78, 5) is 35.3. The molecule has 3 aromatic rings. The lowest BCUT2D eigenvalue weighted by Crippen LogP contribution is -2.36. The van der Waals surface area contributed by atoms with Crippen LogP contribution >= 0.6 is 0 Å². The maximum atomic E-state index is 15.8. The minimum absolute atomic E-state index is 0.175. The Bertz CT molecular complexity index is 1300. The van der Waals surface area contributed by atoms with E-state index in [9.17, 15) is 9.59 Å². The van der Waals surface area contributed by atoms with Gasteiger partial charge in [0.1, 0.15) is 29.2 Å². The largest absolute Gasteiger partial charge is 0.468 e. The van der Waals surface area contributed by atoms with E-state index in [4.69, 9.17) is 14.2 Å². The van der Waals surface area contributed by atoms with E-state index in [1.165, 1.54) is 13.4 Å². The molecule has 0 spiro atoms. The van der Waals surface area contributed by atoms with E-state index < -0.39 is 11.9 Å². The molecule has 2 atom stereocenters. The molecule has 1 aliphatic heterocycles. The van der Waals surface area contributed by atoms with Crippen LogP contribution < -0.4 is 5.32 Å². The van der Waals surface area contributed by atoms with Gasteiger partial charge in [-0.05, 0) is 56.6 Å². The molecular weight excluding hydrogens is 489 g/mol. The predicted octanol–water partition coefficient (Wildman–Crippen LogP) is 4.69. The number of aromatic nitrogens is 3. The van der Waals surface area contributed by atoms with Gasteiger partial charge in [0.15, 0.2) is 5.82 Å². The second kappa shape index (κ2) is 11.2. The highest BCUT2D eigenvalue weighted by Gasteiger charge is 2.34. The normalized spacial score (nSPS) is 23.0. The quantitative estimate of drug-likeness (QED) is 0.410. The summed E-state index contributed by atoms with van der Waals surface area (Å²) >= 11 is 0. The fourth-order valence-corrected chi connectivity index (χ4v) is 5.96. The first-order valence-electron chi connectivity index (χ1n) is 13.6. The summed E-state index contributed by atoms with van der Waals surface area (Å²) in [7, 11) is 1.38. The number of halogens is 1. The van der Waals surface area contributed by atoms with Gasteiger partial charge in [-0.25, -0.2) is 9.37 Å². The maximum absolute atomic E-state index is 15.8. The fraction of sp³-hybridized carbons (Fsp3) is 0.571. The molecule has 2 aliphatic rings. The number of amides is 1. The molecule has 5 rings (SSSR count). The van der Waals surface area contributed by atoms with Gasteiger partial charge in [0.25, 0.3) is 5.91 Å². The number of hydrogen-bond acceptors (Lipinski definition) is 7. The summed E-state index contributed by atoms with van der Waals surface area (Å²) in [5.74, 6) is 0.403. The number of hydrogen-bond donors (Lipinski definition) is 2. The number of nitrogens with zero attached hydrogens (tertiary/aromatic N) is 3. The van der Waals surface area contributed by atoms with Crippen LogP contribution in [0.5, 0.6) is 0 Å². The van der Waals surface area contributed by atoms with Crippen LogP contribution in [0.2, 0.25) is 0 Å². The van der Waals surface area contributed by atoms with Gasteiger partial charge >= 0.3 is 5.97 Å². The average Bonchev–Trinajstić information content (AvgIpc) is 3.68. The first kappa shape index (κ1) is 26.3. The highest BCUT2D eigenvalue weighted by atomic mass is 19.1. The summed E-state index contributed by atoms with van der Waals surface area (Å²) < 4.78 is 25.7. The van der Waals surface area contributed by atoms with Crippen LogP contribution in [-0.4, -0.2) is 51.6 Å². The first-order valence-corrected chi connectivity index (χ1v) is 13.6. The number of aryl methyl sites for hydroxylation is 1. The Kier molecular flexibility index (Phi) is 7.78. The second-order valence-corrected chi connectivity index (χ2v) is 10.7. The number of nitrogens with one attached hydrogen (secondary N) is 2. The molecule has 1 saturated heterocycles. The molecule has 9 nitrogen and oxygen atoms in total. The van der Waals surface area contributed by atoms with E-state index in [1.807, 2.05) is 17.9 Å². The highest BCUT2D eigenvalue weighted by molar-refractivity contribution is 5.95. The standard InChI is InChI=1S/C28H36FN5O4/c1-4-20-19(15-38-33-20)27(35)32-24(17-9-7-16(2)8-10-17)26-30-21-12-11-18(23(29)25(21)31-26)14-34-13-5-6-22(34)28(36)37-3/h11-12,15-17,22,24H,4-10,13-14H2,1-3H3,(H,30,31)(H,32,35)/t16?,17?,22-,24-/m0/s1. The number of carbonyl (C=O) groups is 2. The highest BCUT2D eigenvalue weighted by Crippen LogP contribution is 2.37. The van der Waals surface area contributed by atoms with Gasteiger partial charge < -0.3 is 19.6 Å². The van der Waals surface area contributed by atoms with Crippen molar-refractivity contribution >= 4 is 22.9 Å². The van der Waals surface area contributed by atoms with E-state index in [1.54, 1.807) is 6.07 Å². The molecule has 3 heterocycles. The molecule has 1 aromatic carbocycles. The number of imidazole rings is 1. The van der Waals surface area contributed by atoms with Crippen LogP contribution in [0.1, 0.15) is 85.9 Å². The van der Waals surface area contributed by atoms with Gasteiger partial charge in [0.05, 0.1) is 24.4 Å². The fourth-order valence-electron chi connectivity index (χ4n) is 5.96. The topological polar surface area (TPSA) is 113 Å². The van der Waals surface area contributed by atoms with E-state index in [2.05, 4.69) is 22.4 Å². The van der Waals surface area contributed by atoms with Crippen LogP contribution in [0.25, 0.3) is 11.0 Å². The van der Waals surface area contributed by atoms with Crippen molar-refractivity contribution in [1.82, 2.24) is 25.3 Å². The number of aromatic amines is 1. The van der Waals surface area contributed by atoms with Crippen LogP contribution in [0.3, 0.4) is 0 Å². The number of fused-ring (bicyclic) bond motifs is 1. The number of likely N-dealkylation sites (tertiary alicyclic amines) is 1. The molecule has 1 aliphatic carbocycles. The Labute approximate surface area is 221 Å².